The first-order chi connectivity index (χ1) is 5.25. The van der Waals surface area contributed by atoms with E-state index in [-0.39, 0.29) is 11.3 Å². The van der Waals surface area contributed by atoms with Crippen molar-refractivity contribution in [2.45, 2.75) is 0 Å². The second-order valence-electron chi connectivity index (χ2n) is 2.12. The minimum atomic E-state index is -0.884. The molecule has 56 valence electrons. The fourth-order valence-corrected chi connectivity index (χ4v) is 0.885. The summed E-state index contributed by atoms with van der Waals surface area (Å²) >= 11 is 0. The molecule has 0 saturated carbocycles. The van der Waals surface area contributed by atoms with Crippen LogP contribution in [0.4, 0.5) is 4.39 Å². The van der Waals surface area contributed by atoms with E-state index in [1.54, 1.807) is 0 Å². The zero-order valence-corrected chi connectivity index (χ0v) is 5.41. The molecule has 1 N–H and O–H groups in total. The van der Waals surface area contributed by atoms with Gasteiger partial charge < -0.3 is 9.52 Å². The first-order valence-electron chi connectivity index (χ1n) is 3.01. The Morgan fingerprint density at radius 2 is 2.27 bits per heavy atom. The van der Waals surface area contributed by atoms with Gasteiger partial charge in [-0.3, -0.25) is 0 Å². The highest BCUT2D eigenvalue weighted by molar-refractivity contribution is 5.73. The largest absolute Gasteiger partial charge is 0.508 e. The Hall–Kier alpha value is -1.58. The Labute approximate surface area is 61.1 Å². The van der Waals surface area contributed by atoms with Gasteiger partial charge >= 0.3 is 6.14 Å². The van der Waals surface area contributed by atoms with Crippen molar-refractivity contribution in [1.29, 1.82) is 0 Å². The average Bonchev–Trinajstić information content (AvgIpc) is 2.27. The van der Waals surface area contributed by atoms with Gasteiger partial charge in [0.1, 0.15) is 11.3 Å². The van der Waals surface area contributed by atoms with Gasteiger partial charge in [-0.15, -0.1) is 4.39 Å². The summed E-state index contributed by atoms with van der Waals surface area (Å²) < 4.78 is 16.8. The normalized spacial score (nSPS) is 10.6. The van der Waals surface area contributed by atoms with Crippen LogP contribution in [-0.2, 0) is 0 Å². The Morgan fingerprint density at radius 3 is 3.09 bits per heavy atom. The van der Waals surface area contributed by atoms with Crippen LogP contribution in [0, 0.1) is 6.14 Å². The van der Waals surface area contributed by atoms with Crippen LogP contribution in [-0.4, -0.2) is 10.1 Å². The maximum absolute atomic E-state index is 12.3. The molecule has 0 aliphatic heterocycles. The van der Waals surface area contributed by atoms with Crippen LogP contribution >= 0.6 is 0 Å². The predicted molar refractivity (Wildman–Crippen MR) is 35.6 cm³/mol. The number of aromatic nitrogens is 1. The highest BCUT2D eigenvalue weighted by Crippen LogP contribution is 2.19. The van der Waals surface area contributed by atoms with Gasteiger partial charge in [0.05, 0.1) is 0 Å². The molecule has 0 spiro atoms. The summed E-state index contributed by atoms with van der Waals surface area (Å²) in [5.41, 5.74) is 0.655. The molecule has 1 heterocycles. The molecule has 1 aromatic heterocycles. The summed E-state index contributed by atoms with van der Waals surface area (Å²) in [6.45, 7) is 0. The number of benzene rings is 1. The van der Waals surface area contributed by atoms with Gasteiger partial charge in [0.15, 0.2) is 5.58 Å². The molecule has 2 rings (SSSR count). The molecule has 4 heteroatoms. The maximum atomic E-state index is 12.3. The van der Waals surface area contributed by atoms with Crippen LogP contribution in [0.15, 0.2) is 22.6 Å². The second kappa shape index (κ2) is 1.95. The van der Waals surface area contributed by atoms with Crippen molar-refractivity contribution in [1.82, 2.24) is 4.98 Å². The maximum Gasteiger partial charge on any atom is 0.382 e. The van der Waals surface area contributed by atoms with Crippen LogP contribution in [0.3, 0.4) is 0 Å². The summed E-state index contributed by atoms with van der Waals surface area (Å²) in [7, 11) is 0. The van der Waals surface area contributed by atoms with Crippen molar-refractivity contribution in [3.05, 3.63) is 24.3 Å². The van der Waals surface area contributed by atoms with Crippen LogP contribution in [0.25, 0.3) is 11.1 Å². The fourth-order valence-electron chi connectivity index (χ4n) is 0.885. The molecule has 0 saturated heterocycles. The van der Waals surface area contributed by atoms with Gasteiger partial charge in [-0.1, -0.05) is 0 Å². The molecular formula is C7H4FNO2. The highest BCUT2D eigenvalue weighted by atomic mass is 19.1. The van der Waals surface area contributed by atoms with E-state index < -0.39 is 6.14 Å². The first kappa shape index (κ1) is 6.15. The van der Waals surface area contributed by atoms with E-state index in [9.17, 15) is 4.39 Å². The standard InChI is InChI=1S/C7H4FNO2/c8-7-9-5-2-1-4(10)3-6(5)11-7/h1-3,10H. The number of hydrogen-bond acceptors (Lipinski definition) is 3. The van der Waals surface area contributed by atoms with Gasteiger partial charge in [0.2, 0.25) is 0 Å². The molecule has 2 aromatic rings. The van der Waals surface area contributed by atoms with Crippen molar-refractivity contribution in [2.24, 2.45) is 0 Å². The van der Waals surface area contributed by atoms with Crippen molar-refractivity contribution in [2.75, 3.05) is 0 Å². The Kier molecular flexibility index (Phi) is 1.09. The third-order valence-electron chi connectivity index (χ3n) is 1.35. The van der Waals surface area contributed by atoms with E-state index in [4.69, 9.17) is 5.11 Å². The minimum absolute atomic E-state index is 0.0358. The molecule has 1 aromatic carbocycles. The SMILES string of the molecule is Oc1ccc2nc(F)oc2c1. The van der Waals surface area contributed by atoms with E-state index in [2.05, 4.69) is 9.40 Å². The molecule has 0 aliphatic carbocycles. The lowest BCUT2D eigenvalue weighted by molar-refractivity contribution is 0.354. The molecule has 0 amide bonds. The van der Waals surface area contributed by atoms with Crippen LogP contribution in [0.1, 0.15) is 0 Å². The summed E-state index contributed by atoms with van der Waals surface area (Å²) in [5.74, 6) is 0.0358. The van der Waals surface area contributed by atoms with E-state index >= 15 is 0 Å². The zero-order valence-electron chi connectivity index (χ0n) is 5.41. The van der Waals surface area contributed by atoms with Gasteiger partial charge in [-0.25, -0.2) is 0 Å². The lowest BCUT2D eigenvalue weighted by atomic mass is 10.3. The summed E-state index contributed by atoms with van der Waals surface area (Å²) in [6, 6.07) is 4.22. The van der Waals surface area contributed by atoms with Gasteiger partial charge in [0, 0.05) is 6.07 Å². The number of oxazole rings is 1. The molecule has 11 heavy (non-hydrogen) atoms. The van der Waals surface area contributed by atoms with E-state index in [0.29, 0.717) is 5.52 Å². The summed E-state index contributed by atoms with van der Waals surface area (Å²) in [4.78, 5) is 3.41. The third-order valence-corrected chi connectivity index (χ3v) is 1.35. The average molecular weight is 153 g/mol. The molecular weight excluding hydrogens is 149 g/mol. The number of halogens is 1. The lowest BCUT2D eigenvalue weighted by Crippen LogP contribution is -1.67. The number of nitrogens with zero attached hydrogens (tertiary/aromatic N) is 1. The van der Waals surface area contributed by atoms with Crippen molar-refractivity contribution in [3.8, 4) is 5.75 Å². The monoisotopic (exact) mass is 153 g/mol. The van der Waals surface area contributed by atoms with Crippen molar-refractivity contribution < 1.29 is 13.9 Å². The smallest absolute Gasteiger partial charge is 0.382 e. The predicted octanol–water partition coefficient (Wildman–Crippen LogP) is 1.67. The third kappa shape index (κ3) is 0.920. The number of rotatable bonds is 0. The molecule has 3 nitrogen and oxygen atoms in total. The van der Waals surface area contributed by atoms with E-state index in [1.807, 2.05) is 0 Å². The molecule has 0 fully saturated rings. The number of phenols is 1. The Morgan fingerprint density at radius 1 is 1.45 bits per heavy atom. The summed E-state index contributed by atoms with van der Waals surface area (Å²) in [5, 5.41) is 8.93. The number of aromatic hydroxyl groups is 1. The van der Waals surface area contributed by atoms with Crippen LogP contribution in [0.2, 0.25) is 0 Å². The number of phenolic OH excluding ortho intramolecular Hbond substituents is 1. The second-order valence-corrected chi connectivity index (χ2v) is 2.12. The lowest BCUT2D eigenvalue weighted by Gasteiger charge is -1.86. The van der Waals surface area contributed by atoms with E-state index in [0.717, 1.165) is 0 Å². The molecule has 0 atom stereocenters. The Bertz CT molecular complexity index is 396. The molecule has 0 bridgehead atoms. The van der Waals surface area contributed by atoms with E-state index in [1.165, 1.54) is 18.2 Å². The van der Waals surface area contributed by atoms with Gasteiger partial charge in [-0.05, 0) is 12.1 Å². The van der Waals surface area contributed by atoms with Crippen molar-refractivity contribution in [3.63, 3.8) is 0 Å². The molecule has 0 aliphatic rings. The zero-order chi connectivity index (χ0) is 7.84. The minimum Gasteiger partial charge on any atom is -0.508 e. The fraction of sp³-hybridized carbons (Fsp3) is 0. The first-order valence-corrected chi connectivity index (χ1v) is 3.01. The Balaban J connectivity index is 2.82. The summed E-state index contributed by atoms with van der Waals surface area (Å²) in [6.07, 6.45) is -0.884. The van der Waals surface area contributed by atoms with Crippen LogP contribution < -0.4 is 0 Å². The molecule has 0 unspecified atom stereocenters. The van der Waals surface area contributed by atoms with Crippen LogP contribution in [0.5, 0.6) is 5.75 Å². The highest BCUT2D eigenvalue weighted by Gasteiger charge is 2.03. The topological polar surface area (TPSA) is 46.3 Å². The molecule has 0 radical (unpaired) electrons. The van der Waals surface area contributed by atoms with Gasteiger partial charge in [-0.2, -0.15) is 4.98 Å². The number of hydrogen-bond donors (Lipinski definition) is 1. The van der Waals surface area contributed by atoms with Gasteiger partial charge in [0.25, 0.3) is 0 Å². The van der Waals surface area contributed by atoms with Crippen molar-refractivity contribution >= 4 is 11.1 Å². The quantitative estimate of drug-likeness (QED) is 0.626. The number of fused-ring (bicyclic) bond motifs is 1.